The van der Waals surface area contributed by atoms with Gasteiger partial charge in [-0.3, -0.25) is 9.59 Å². The molecule has 1 fully saturated rings. The van der Waals surface area contributed by atoms with Crippen molar-refractivity contribution < 1.29 is 22.7 Å². The van der Waals surface area contributed by atoms with Crippen molar-refractivity contribution >= 4 is 32.4 Å². The first-order valence-electron chi connectivity index (χ1n) is 10.9. The summed E-state index contributed by atoms with van der Waals surface area (Å²) in [5.74, 6) is -0.384. The quantitative estimate of drug-likeness (QED) is 0.543. The fourth-order valence-electron chi connectivity index (χ4n) is 3.84. The third-order valence-corrected chi connectivity index (χ3v) is 7.45. The van der Waals surface area contributed by atoms with E-state index >= 15 is 0 Å². The fourth-order valence-corrected chi connectivity index (χ4v) is 5.43. The van der Waals surface area contributed by atoms with Crippen LogP contribution >= 0.6 is 0 Å². The molecule has 1 N–H and O–H groups in total. The van der Waals surface area contributed by atoms with Crippen LogP contribution in [0.25, 0.3) is 10.8 Å². The van der Waals surface area contributed by atoms with Gasteiger partial charge in [-0.2, -0.15) is 9.40 Å². The average molecular weight is 487 g/mol. The van der Waals surface area contributed by atoms with Crippen LogP contribution in [0.4, 0.5) is 5.69 Å². The van der Waals surface area contributed by atoms with Gasteiger partial charge in [0.25, 0.3) is 11.5 Å². The van der Waals surface area contributed by atoms with Gasteiger partial charge in [-0.25, -0.2) is 13.1 Å². The number of anilines is 1. The first kappa shape index (κ1) is 23.9. The number of hydrogen-bond donors (Lipinski definition) is 1. The van der Waals surface area contributed by atoms with Crippen LogP contribution in [0.15, 0.2) is 52.2 Å². The number of morpholine rings is 1. The molecule has 0 aliphatic carbocycles. The lowest BCUT2D eigenvalue weighted by atomic mass is 10.1. The Bertz CT molecular complexity index is 1380. The van der Waals surface area contributed by atoms with Crippen LogP contribution in [0.2, 0.25) is 0 Å². The van der Waals surface area contributed by atoms with Crippen LogP contribution < -0.4 is 15.6 Å². The molecule has 1 aliphatic heterocycles. The van der Waals surface area contributed by atoms with Crippen LogP contribution in [0, 0.1) is 0 Å². The van der Waals surface area contributed by atoms with Crippen LogP contribution in [-0.2, 0) is 21.3 Å². The third kappa shape index (κ3) is 4.54. The Kier molecular flexibility index (Phi) is 6.96. The minimum Gasteiger partial charge on any atom is -0.495 e. The summed E-state index contributed by atoms with van der Waals surface area (Å²) < 4.78 is 39.6. The lowest BCUT2D eigenvalue weighted by Gasteiger charge is -2.26. The lowest BCUT2D eigenvalue weighted by molar-refractivity contribution is 0.0729. The number of hydrogen-bond acceptors (Lipinski definition) is 7. The number of nitrogens with zero attached hydrogens (tertiary/aromatic N) is 3. The Morgan fingerprint density at radius 1 is 1.15 bits per heavy atom. The van der Waals surface area contributed by atoms with Crippen molar-refractivity contribution in [3.63, 3.8) is 0 Å². The number of benzene rings is 2. The van der Waals surface area contributed by atoms with Gasteiger partial charge in [0, 0.05) is 30.7 Å². The summed E-state index contributed by atoms with van der Waals surface area (Å²) >= 11 is 0. The number of carbonyl (C=O) groups is 1. The van der Waals surface area contributed by atoms with Crippen LogP contribution in [0.3, 0.4) is 0 Å². The number of aromatic nitrogens is 2. The molecule has 0 bridgehead atoms. The molecule has 2 heterocycles. The van der Waals surface area contributed by atoms with Gasteiger partial charge in [-0.15, -0.1) is 0 Å². The SMILES string of the molecule is CCCn1nc(C(=O)Nc2ccc(OC)c(S(=O)(=O)N3CCOCC3)c2)c2ccccc2c1=O. The fraction of sp³-hybridized carbons (Fsp3) is 0.348. The molecular weight excluding hydrogens is 460 g/mol. The third-order valence-electron chi connectivity index (χ3n) is 5.53. The van der Waals surface area contributed by atoms with Gasteiger partial charge in [0.15, 0.2) is 5.69 Å². The van der Waals surface area contributed by atoms with E-state index < -0.39 is 15.9 Å². The molecule has 1 aliphatic rings. The van der Waals surface area contributed by atoms with Crippen LogP contribution in [0.1, 0.15) is 23.8 Å². The Labute approximate surface area is 197 Å². The van der Waals surface area contributed by atoms with Crippen molar-refractivity contribution in [1.29, 1.82) is 0 Å². The molecule has 180 valence electrons. The maximum absolute atomic E-state index is 13.2. The second-order valence-electron chi connectivity index (χ2n) is 7.76. The van der Waals surface area contributed by atoms with E-state index in [2.05, 4.69) is 10.4 Å². The summed E-state index contributed by atoms with van der Waals surface area (Å²) in [4.78, 5) is 25.9. The first-order chi connectivity index (χ1) is 16.4. The van der Waals surface area contributed by atoms with E-state index in [0.29, 0.717) is 37.0 Å². The van der Waals surface area contributed by atoms with Crippen molar-refractivity contribution in [2.75, 3.05) is 38.7 Å². The largest absolute Gasteiger partial charge is 0.495 e. The van der Waals surface area contributed by atoms with Crippen molar-refractivity contribution in [3.05, 3.63) is 58.5 Å². The van der Waals surface area contributed by atoms with E-state index in [-0.39, 0.29) is 40.7 Å². The minimum atomic E-state index is -3.87. The molecule has 1 saturated heterocycles. The van der Waals surface area contributed by atoms with E-state index in [1.165, 1.54) is 28.2 Å². The standard InChI is InChI=1S/C23H26N4O6S/c1-3-10-27-23(29)18-7-5-4-6-17(18)21(25-27)22(28)24-16-8-9-19(32-2)20(15-16)34(30,31)26-11-13-33-14-12-26/h4-9,15H,3,10-14H2,1-2H3,(H,24,28). The normalized spacial score (nSPS) is 14.8. The van der Waals surface area contributed by atoms with E-state index in [1.807, 2.05) is 6.92 Å². The summed E-state index contributed by atoms with van der Waals surface area (Å²) in [7, 11) is -2.48. The number of rotatable bonds is 7. The van der Waals surface area contributed by atoms with Gasteiger partial charge in [-0.1, -0.05) is 25.1 Å². The highest BCUT2D eigenvalue weighted by Gasteiger charge is 2.30. The van der Waals surface area contributed by atoms with Gasteiger partial charge in [0.1, 0.15) is 10.6 Å². The van der Waals surface area contributed by atoms with Crippen LogP contribution in [-0.4, -0.2) is 61.8 Å². The zero-order chi connectivity index (χ0) is 24.3. The molecule has 34 heavy (non-hydrogen) atoms. The smallest absolute Gasteiger partial charge is 0.276 e. The number of amides is 1. The Hall–Kier alpha value is -3.28. The molecule has 2 aromatic carbocycles. The average Bonchev–Trinajstić information content (AvgIpc) is 2.86. The van der Waals surface area contributed by atoms with E-state index in [1.54, 1.807) is 30.3 Å². The molecule has 0 atom stereocenters. The maximum Gasteiger partial charge on any atom is 0.276 e. The highest BCUT2D eigenvalue weighted by Crippen LogP contribution is 2.30. The number of aryl methyl sites for hydroxylation is 1. The Morgan fingerprint density at radius 3 is 2.53 bits per heavy atom. The van der Waals surface area contributed by atoms with Crippen molar-refractivity contribution in [3.8, 4) is 5.75 Å². The zero-order valence-electron chi connectivity index (χ0n) is 19.0. The van der Waals surface area contributed by atoms with Gasteiger partial charge in [0.2, 0.25) is 10.0 Å². The summed E-state index contributed by atoms with van der Waals surface area (Å²) in [6.07, 6.45) is 0.674. The Balaban J connectivity index is 1.72. The molecule has 0 spiro atoms. The van der Waals surface area contributed by atoms with Gasteiger partial charge >= 0.3 is 0 Å². The second-order valence-corrected chi connectivity index (χ2v) is 9.67. The molecule has 0 saturated carbocycles. The highest BCUT2D eigenvalue weighted by molar-refractivity contribution is 7.89. The van der Waals surface area contributed by atoms with Crippen LogP contribution in [0.5, 0.6) is 5.75 Å². The monoisotopic (exact) mass is 486 g/mol. The highest BCUT2D eigenvalue weighted by atomic mass is 32.2. The Morgan fingerprint density at radius 2 is 1.85 bits per heavy atom. The van der Waals surface area contributed by atoms with Gasteiger partial charge in [-0.05, 0) is 30.7 Å². The van der Waals surface area contributed by atoms with Crippen molar-refractivity contribution in [2.45, 2.75) is 24.8 Å². The molecule has 0 radical (unpaired) electrons. The topological polar surface area (TPSA) is 120 Å². The van der Waals surface area contributed by atoms with Gasteiger partial charge < -0.3 is 14.8 Å². The predicted molar refractivity (Wildman–Crippen MR) is 127 cm³/mol. The minimum absolute atomic E-state index is 0.0523. The second kappa shape index (κ2) is 9.92. The van der Waals surface area contributed by atoms with E-state index in [4.69, 9.17) is 9.47 Å². The summed E-state index contributed by atoms with van der Waals surface area (Å²) in [6.45, 7) is 3.37. The van der Waals surface area contributed by atoms with E-state index in [9.17, 15) is 18.0 Å². The number of ether oxygens (including phenoxy) is 2. The summed E-state index contributed by atoms with van der Waals surface area (Å²) in [5.41, 5.74) is 0.0751. The molecule has 3 aromatic rings. The number of nitrogens with one attached hydrogen (secondary N) is 1. The predicted octanol–water partition coefficient (Wildman–Crippen LogP) is 2.09. The molecule has 1 amide bonds. The van der Waals surface area contributed by atoms with Crippen molar-refractivity contribution in [1.82, 2.24) is 14.1 Å². The molecule has 10 nitrogen and oxygen atoms in total. The number of fused-ring (bicyclic) bond motifs is 1. The van der Waals surface area contributed by atoms with Crippen molar-refractivity contribution in [2.24, 2.45) is 0 Å². The molecule has 1 aromatic heterocycles. The van der Waals surface area contributed by atoms with Gasteiger partial charge in [0.05, 0.1) is 25.7 Å². The molecule has 0 unspecified atom stereocenters. The first-order valence-corrected chi connectivity index (χ1v) is 12.4. The molecule has 11 heteroatoms. The van der Waals surface area contributed by atoms with E-state index in [0.717, 1.165) is 0 Å². The summed E-state index contributed by atoms with van der Waals surface area (Å²) in [5, 5.41) is 7.83. The molecule has 4 rings (SSSR count). The number of carbonyl (C=O) groups excluding carboxylic acids is 1. The summed E-state index contributed by atoms with van der Waals surface area (Å²) in [6, 6.07) is 11.2. The number of sulfonamides is 1. The maximum atomic E-state index is 13.2. The lowest BCUT2D eigenvalue weighted by Crippen LogP contribution is -2.40. The zero-order valence-corrected chi connectivity index (χ0v) is 19.8. The number of methoxy groups -OCH3 is 1. The molecular formula is C23H26N4O6S.